The molecule has 2 unspecified atom stereocenters. The molecule has 1 amide bonds. The van der Waals surface area contributed by atoms with Crippen molar-refractivity contribution in [2.24, 2.45) is 0 Å². The topological polar surface area (TPSA) is 104 Å². The maximum atomic E-state index is 12.4. The van der Waals surface area contributed by atoms with Crippen molar-refractivity contribution in [2.45, 2.75) is 187 Å². The van der Waals surface area contributed by atoms with E-state index in [-0.39, 0.29) is 5.91 Å². The van der Waals surface area contributed by atoms with E-state index >= 15 is 0 Å². The fourth-order valence-corrected chi connectivity index (χ4v) is 5.89. The standard InChI is InChI=1S/C33H65NO5S/c1-3-5-7-9-11-12-13-14-15-16-17-18-19-20-21-22-23-25-27-29-33(36)34-31(30-40(37,38)39)32(35)28-26-24-10-8-6-4-2/h26,28,31-32,35H,3-25,27,29-30H2,1-2H3,(H,34,36)(H,37,38,39)/b28-26+. The Kier molecular flexibility index (Phi) is 27.6. The van der Waals surface area contributed by atoms with Gasteiger partial charge in [0.1, 0.15) is 0 Å². The number of carbonyl (C=O) groups excluding carboxylic acids is 1. The van der Waals surface area contributed by atoms with Gasteiger partial charge in [-0.25, -0.2) is 0 Å². The fourth-order valence-electron chi connectivity index (χ4n) is 5.15. The van der Waals surface area contributed by atoms with Crippen molar-refractivity contribution in [2.75, 3.05) is 5.75 Å². The van der Waals surface area contributed by atoms with Gasteiger partial charge in [0.15, 0.2) is 0 Å². The van der Waals surface area contributed by atoms with Crippen molar-refractivity contribution in [1.82, 2.24) is 5.32 Å². The molecule has 6 nitrogen and oxygen atoms in total. The molecule has 3 N–H and O–H groups in total. The summed E-state index contributed by atoms with van der Waals surface area (Å²) in [6.07, 6.45) is 32.3. The average molecular weight is 588 g/mol. The third-order valence-corrected chi connectivity index (χ3v) is 8.49. The summed E-state index contributed by atoms with van der Waals surface area (Å²) in [5.41, 5.74) is 0. The number of aliphatic hydroxyl groups excluding tert-OH is 1. The molecule has 0 aliphatic heterocycles. The predicted molar refractivity (Wildman–Crippen MR) is 170 cm³/mol. The molecule has 0 spiro atoms. The van der Waals surface area contributed by atoms with E-state index < -0.39 is 28.0 Å². The summed E-state index contributed by atoms with van der Waals surface area (Å²) in [6, 6.07) is -1.05. The summed E-state index contributed by atoms with van der Waals surface area (Å²) >= 11 is 0. The van der Waals surface area contributed by atoms with Gasteiger partial charge in [0.05, 0.1) is 17.9 Å². The number of hydrogen-bond acceptors (Lipinski definition) is 4. The van der Waals surface area contributed by atoms with Crippen LogP contribution in [0, 0.1) is 0 Å². The van der Waals surface area contributed by atoms with Crippen LogP contribution >= 0.6 is 0 Å². The van der Waals surface area contributed by atoms with Gasteiger partial charge in [-0.05, 0) is 19.3 Å². The van der Waals surface area contributed by atoms with Crippen molar-refractivity contribution in [1.29, 1.82) is 0 Å². The van der Waals surface area contributed by atoms with E-state index in [0.717, 1.165) is 51.4 Å². The smallest absolute Gasteiger partial charge is 0.267 e. The van der Waals surface area contributed by atoms with Gasteiger partial charge in [0.2, 0.25) is 5.91 Å². The normalized spacial score (nSPS) is 13.6. The van der Waals surface area contributed by atoms with Crippen molar-refractivity contribution in [3.63, 3.8) is 0 Å². The number of carbonyl (C=O) groups is 1. The highest BCUT2D eigenvalue weighted by Crippen LogP contribution is 2.15. The minimum absolute atomic E-state index is 0.281. The SMILES string of the molecule is CCCCCC/C=C/C(O)C(CS(=O)(=O)O)NC(=O)CCCCCCCCCCCCCCCCCCCCC. The third-order valence-electron chi connectivity index (χ3n) is 7.71. The molecule has 0 aliphatic rings. The molecule has 0 saturated carbocycles. The molecule has 0 aromatic heterocycles. The molecule has 0 aromatic carbocycles. The lowest BCUT2D eigenvalue weighted by molar-refractivity contribution is -0.122. The molecule has 0 saturated heterocycles. The molecular weight excluding hydrogens is 522 g/mol. The Morgan fingerprint density at radius 2 is 1.02 bits per heavy atom. The quantitative estimate of drug-likeness (QED) is 0.0442. The second-order valence-electron chi connectivity index (χ2n) is 11.8. The van der Waals surface area contributed by atoms with Crippen LogP contribution in [0.2, 0.25) is 0 Å². The summed E-state index contributed by atoms with van der Waals surface area (Å²) in [5, 5.41) is 13.0. The Morgan fingerprint density at radius 1 is 0.650 bits per heavy atom. The fraction of sp³-hybridized carbons (Fsp3) is 0.909. The zero-order valence-electron chi connectivity index (χ0n) is 26.2. The summed E-state index contributed by atoms with van der Waals surface area (Å²) in [4.78, 5) is 12.4. The highest BCUT2D eigenvalue weighted by atomic mass is 32.2. The van der Waals surface area contributed by atoms with E-state index in [2.05, 4.69) is 19.2 Å². The maximum Gasteiger partial charge on any atom is 0.267 e. The van der Waals surface area contributed by atoms with Crippen molar-refractivity contribution in [3.8, 4) is 0 Å². The van der Waals surface area contributed by atoms with Crippen LogP contribution in [-0.2, 0) is 14.9 Å². The third kappa shape index (κ3) is 28.6. The Morgan fingerprint density at radius 3 is 1.43 bits per heavy atom. The number of amides is 1. The van der Waals surface area contributed by atoms with E-state index in [1.807, 2.05) is 6.08 Å². The highest BCUT2D eigenvalue weighted by Gasteiger charge is 2.24. The molecule has 7 heteroatoms. The highest BCUT2D eigenvalue weighted by molar-refractivity contribution is 7.85. The van der Waals surface area contributed by atoms with Gasteiger partial charge in [0, 0.05) is 6.42 Å². The van der Waals surface area contributed by atoms with E-state index in [9.17, 15) is 22.9 Å². The first-order valence-electron chi connectivity index (χ1n) is 16.9. The van der Waals surface area contributed by atoms with E-state index in [1.165, 1.54) is 109 Å². The zero-order chi connectivity index (χ0) is 29.7. The molecular formula is C33H65NO5S. The molecule has 0 aliphatic carbocycles. The van der Waals surface area contributed by atoms with Gasteiger partial charge < -0.3 is 10.4 Å². The summed E-state index contributed by atoms with van der Waals surface area (Å²) in [7, 11) is -4.32. The van der Waals surface area contributed by atoms with Gasteiger partial charge in [-0.2, -0.15) is 8.42 Å². The predicted octanol–water partition coefficient (Wildman–Crippen LogP) is 9.07. The van der Waals surface area contributed by atoms with Crippen LogP contribution in [0.4, 0.5) is 0 Å². The Labute approximate surface area is 248 Å². The summed E-state index contributed by atoms with van der Waals surface area (Å²) in [5.74, 6) is -0.977. The molecule has 2 atom stereocenters. The Bertz CT molecular complexity index is 695. The summed E-state index contributed by atoms with van der Waals surface area (Å²) < 4.78 is 32.0. The van der Waals surface area contributed by atoms with Crippen LogP contribution in [0.1, 0.15) is 174 Å². The molecule has 238 valence electrons. The van der Waals surface area contributed by atoms with E-state index in [4.69, 9.17) is 0 Å². The van der Waals surface area contributed by atoms with Gasteiger partial charge in [-0.1, -0.05) is 161 Å². The Balaban J connectivity index is 3.78. The minimum Gasteiger partial charge on any atom is -0.387 e. The first-order chi connectivity index (χ1) is 19.3. The van der Waals surface area contributed by atoms with Gasteiger partial charge in [-0.15, -0.1) is 0 Å². The lowest BCUT2D eigenvalue weighted by Crippen LogP contribution is -2.46. The number of aliphatic hydroxyl groups is 1. The molecule has 40 heavy (non-hydrogen) atoms. The second-order valence-corrected chi connectivity index (χ2v) is 13.3. The number of rotatable bonds is 30. The average Bonchev–Trinajstić information content (AvgIpc) is 2.90. The van der Waals surface area contributed by atoms with Gasteiger partial charge in [-0.3, -0.25) is 9.35 Å². The minimum atomic E-state index is -4.32. The van der Waals surface area contributed by atoms with Crippen molar-refractivity contribution in [3.05, 3.63) is 12.2 Å². The number of hydrogen-bond donors (Lipinski definition) is 3. The van der Waals surface area contributed by atoms with Crippen LogP contribution in [0.25, 0.3) is 0 Å². The van der Waals surface area contributed by atoms with Crippen LogP contribution in [-0.4, -0.2) is 41.9 Å². The molecule has 0 bridgehead atoms. The number of allylic oxidation sites excluding steroid dienone is 1. The van der Waals surface area contributed by atoms with Crippen molar-refractivity contribution >= 4 is 16.0 Å². The van der Waals surface area contributed by atoms with Crippen LogP contribution in [0.3, 0.4) is 0 Å². The molecule has 0 heterocycles. The summed E-state index contributed by atoms with van der Waals surface area (Å²) in [6.45, 7) is 4.41. The van der Waals surface area contributed by atoms with Gasteiger partial charge >= 0.3 is 0 Å². The van der Waals surface area contributed by atoms with E-state index in [0.29, 0.717) is 6.42 Å². The number of unbranched alkanes of at least 4 members (excludes halogenated alkanes) is 22. The van der Waals surface area contributed by atoms with Crippen LogP contribution < -0.4 is 5.32 Å². The molecule has 0 aromatic rings. The van der Waals surface area contributed by atoms with Crippen molar-refractivity contribution < 1.29 is 22.9 Å². The second kappa shape index (κ2) is 28.2. The zero-order valence-corrected chi connectivity index (χ0v) is 27.0. The van der Waals surface area contributed by atoms with Crippen LogP contribution in [0.15, 0.2) is 12.2 Å². The first-order valence-corrected chi connectivity index (χ1v) is 18.5. The molecule has 0 radical (unpaired) electrons. The first kappa shape index (κ1) is 39.1. The lowest BCUT2D eigenvalue weighted by atomic mass is 10.0. The molecule has 0 rings (SSSR count). The largest absolute Gasteiger partial charge is 0.387 e. The Hall–Kier alpha value is -0.920. The number of nitrogens with one attached hydrogen (secondary N) is 1. The van der Waals surface area contributed by atoms with Crippen LogP contribution in [0.5, 0.6) is 0 Å². The van der Waals surface area contributed by atoms with Gasteiger partial charge in [0.25, 0.3) is 10.1 Å². The monoisotopic (exact) mass is 587 g/mol. The van der Waals surface area contributed by atoms with E-state index in [1.54, 1.807) is 0 Å². The molecule has 0 fully saturated rings. The lowest BCUT2D eigenvalue weighted by Gasteiger charge is -2.21. The maximum absolute atomic E-state index is 12.4.